The lowest BCUT2D eigenvalue weighted by Gasteiger charge is -2.25. The summed E-state index contributed by atoms with van der Waals surface area (Å²) < 4.78 is 8.95. The van der Waals surface area contributed by atoms with E-state index in [0.717, 1.165) is 31.5 Å². The van der Waals surface area contributed by atoms with Crippen LogP contribution in [0.2, 0.25) is 0 Å². The Hall–Kier alpha value is -3.55. The molecule has 1 atom stereocenters. The van der Waals surface area contributed by atoms with E-state index in [9.17, 15) is 0 Å². The number of nitrogens with zero attached hydrogens (tertiary/aromatic N) is 4. The maximum Gasteiger partial charge on any atom is 0.322 e. The van der Waals surface area contributed by atoms with E-state index >= 15 is 0 Å². The van der Waals surface area contributed by atoms with Gasteiger partial charge in [0.25, 0.3) is 0 Å². The molecule has 0 radical (unpaired) electrons. The van der Waals surface area contributed by atoms with Gasteiger partial charge < -0.3 is 4.74 Å². The quantitative estimate of drug-likeness (QED) is 0.371. The average Bonchev–Trinajstić information content (AvgIpc) is 3.41. The van der Waals surface area contributed by atoms with Crippen molar-refractivity contribution in [3.05, 3.63) is 111 Å². The normalized spacial score (nSPS) is 16.8. The Bertz CT molecular complexity index is 1380. The monoisotopic (exact) mass is 440 g/mol. The second-order valence-corrected chi connectivity index (χ2v) is 8.81. The number of aromatic nitrogens is 1. The zero-order valence-electron chi connectivity index (χ0n) is 16.3. The van der Waals surface area contributed by atoms with Gasteiger partial charge in [0.15, 0.2) is 9.77 Å². The van der Waals surface area contributed by atoms with Crippen molar-refractivity contribution in [1.82, 2.24) is 4.57 Å². The third-order valence-corrected chi connectivity index (χ3v) is 6.63. The number of hydrazone groups is 1. The fourth-order valence-electron chi connectivity index (χ4n) is 3.79. The predicted molar refractivity (Wildman–Crippen MR) is 127 cm³/mol. The molecule has 1 unspecified atom stereocenters. The predicted octanol–water partition coefficient (Wildman–Crippen LogP) is 5.93. The molecule has 5 nitrogen and oxygen atoms in total. The summed E-state index contributed by atoms with van der Waals surface area (Å²) in [6.45, 7) is 0. The van der Waals surface area contributed by atoms with Gasteiger partial charge in [-0.15, -0.1) is 16.4 Å². The van der Waals surface area contributed by atoms with E-state index in [4.69, 9.17) is 27.0 Å². The van der Waals surface area contributed by atoms with Crippen LogP contribution in [-0.4, -0.2) is 16.5 Å². The Morgan fingerprint density at radius 1 is 0.839 bits per heavy atom. The van der Waals surface area contributed by atoms with E-state index in [-0.39, 0.29) is 6.04 Å². The SMILES string of the molecule is S=c1sc2c(n1-c1ccccc1)N1N=C(c3ccccc3)OC1=NC2c1ccccc1. The molecule has 31 heavy (non-hydrogen) atoms. The lowest BCUT2D eigenvalue weighted by molar-refractivity contribution is 0.545. The van der Waals surface area contributed by atoms with Crippen LogP contribution in [0.5, 0.6) is 0 Å². The highest BCUT2D eigenvalue weighted by atomic mass is 32.1. The molecule has 0 fully saturated rings. The maximum atomic E-state index is 6.14. The van der Waals surface area contributed by atoms with Crippen molar-refractivity contribution >= 4 is 41.3 Å². The number of hydrogen-bond acceptors (Lipinski definition) is 6. The maximum absolute atomic E-state index is 6.14. The number of thiazole rings is 1. The first-order chi connectivity index (χ1) is 15.3. The Labute approximate surface area is 188 Å². The van der Waals surface area contributed by atoms with Crippen molar-refractivity contribution in [3.8, 4) is 5.69 Å². The van der Waals surface area contributed by atoms with Crippen LogP contribution in [0.3, 0.4) is 0 Å². The summed E-state index contributed by atoms with van der Waals surface area (Å²) in [6, 6.07) is 30.4. The number of para-hydroxylation sites is 1. The highest BCUT2D eigenvalue weighted by molar-refractivity contribution is 7.73. The van der Waals surface area contributed by atoms with Gasteiger partial charge in [0, 0.05) is 11.3 Å². The van der Waals surface area contributed by atoms with E-state index in [1.165, 1.54) is 0 Å². The third kappa shape index (κ3) is 3.01. The summed E-state index contributed by atoms with van der Waals surface area (Å²) in [4.78, 5) is 5.98. The second kappa shape index (κ2) is 7.30. The van der Waals surface area contributed by atoms with Crippen molar-refractivity contribution < 1.29 is 4.74 Å². The smallest absolute Gasteiger partial charge is 0.322 e. The van der Waals surface area contributed by atoms with Gasteiger partial charge in [-0.25, -0.2) is 4.99 Å². The first-order valence-corrected chi connectivity index (χ1v) is 11.1. The molecular weight excluding hydrogens is 424 g/mol. The number of rotatable bonds is 3. The number of anilines is 1. The first kappa shape index (κ1) is 18.2. The molecule has 4 aromatic rings. The standard InChI is InChI=1S/C24H16N4OS2/c30-24-27(18-14-8-3-9-15-18)22-20(31-24)19(16-10-4-1-5-11-16)25-23-28(22)26-21(29-23)17-12-6-2-7-13-17/h1-15,19H. The molecule has 0 aliphatic carbocycles. The summed E-state index contributed by atoms with van der Waals surface area (Å²) in [6.07, 6.45) is 0. The number of amidine groups is 1. The summed E-state index contributed by atoms with van der Waals surface area (Å²) in [5.74, 6) is 1.40. The number of aliphatic imine (C=N–C) groups is 1. The Morgan fingerprint density at radius 3 is 2.19 bits per heavy atom. The fourth-order valence-corrected chi connectivity index (χ4v) is 5.30. The Kier molecular flexibility index (Phi) is 4.29. The largest absolute Gasteiger partial charge is 0.403 e. The van der Waals surface area contributed by atoms with Crippen LogP contribution in [0.4, 0.5) is 5.82 Å². The molecule has 0 saturated heterocycles. The lowest BCUT2D eigenvalue weighted by Crippen LogP contribution is -2.29. The van der Waals surface area contributed by atoms with Crippen LogP contribution in [0.25, 0.3) is 5.69 Å². The van der Waals surface area contributed by atoms with E-state index < -0.39 is 0 Å². The van der Waals surface area contributed by atoms with Crippen LogP contribution in [-0.2, 0) is 4.74 Å². The minimum Gasteiger partial charge on any atom is -0.403 e. The molecule has 3 heterocycles. The van der Waals surface area contributed by atoms with Crippen molar-refractivity contribution in [2.24, 2.45) is 10.1 Å². The van der Waals surface area contributed by atoms with Crippen LogP contribution in [0, 0.1) is 3.95 Å². The molecule has 6 rings (SSSR count). The van der Waals surface area contributed by atoms with E-state index in [0.29, 0.717) is 11.9 Å². The summed E-state index contributed by atoms with van der Waals surface area (Å²) in [5, 5.41) is 6.56. The Balaban J connectivity index is 1.58. The fraction of sp³-hybridized carbons (Fsp3) is 0.0417. The summed E-state index contributed by atoms with van der Waals surface area (Å²) in [7, 11) is 0. The molecule has 2 aliphatic rings. The molecule has 3 aromatic carbocycles. The third-order valence-electron chi connectivity index (χ3n) is 5.21. The van der Waals surface area contributed by atoms with Gasteiger partial charge >= 0.3 is 6.02 Å². The van der Waals surface area contributed by atoms with Crippen LogP contribution >= 0.6 is 23.6 Å². The van der Waals surface area contributed by atoms with Gasteiger partial charge in [0.1, 0.15) is 6.04 Å². The van der Waals surface area contributed by atoms with Gasteiger partial charge in [-0.2, -0.15) is 5.01 Å². The zero-order valence-corrected chi connectivity index (χ0v) is 17.9. The van der Waals surface area contributed by atoms with Crippen LogP contribution < -0.4 is 5.01 Å². The van der Waals surface area contributed by atoms with Crippen molar-refractivity contribution in [2.45, 2.75) is 6.04 Å². The zero-order chi connectivity index (χ0) is 20.8. The van der Waals surface area contributed by atoms with Crippen molar-refractivity contribution in [1.29, 1.82) is 0 Å². The summed E-state index contributed by atoms with van der Waals surface area (Å²) >= 11 is 7.37. The van der Waals surface area contributed by atoms with E-state index in [1.54, 1.807) is 16.3 Å². The van der Waals surface area contributed by atoms with Crippen molar-refractivity contribution in [3.63, 3.8) is 0 Å². The van der Waals surface area contributed by atoms with Gasteiger partial charge in [0.05, 0.1) is 4.88 Å². The molecule has 0 saturated carbocycles. The second-order valence-electron chi connectivity index (χ2n) is 7.14. The molecule has 0 spiro atoms. The Morgan fingerprint density at radius 2 is 1.48 bits per heavy atom. The number of fused-ring (bicyclic) bond motifs is 3. The van der Waals surface area contributed by atoms with Gasteiger partial charge in [0.2, 0.25) is 5.90 Å². The van der Waals surface area contributed by atoms with Crippen molar-refractivity contribution in [2.75, 3.05) is 5.01 Å². The molecule has 150 valence electrons. The molecular formula is C24H16N4OS2. The van der Waals surface area contributed by atoms with E-state index in [2.05, 4.69) is 16.7 Å². The highest BCUT2D eigenvalue weighted by Crippen LogP contribution is 2.45. The average molecular weight is 441 g/mol. The minimum absolute atomic E-state index is 0.204. The topological polar surface area (TPSA) is 42.1 Å². The van der Waals surface area contributed by atoms with E-state index in [1.807, 2.05) is 78.9 Å². The number of hydrogen-bond donors (Lipinski definition) is 0. The molecule has 7 heteroatoms. The lowest BCUT2D eigenvalue weighted by atomic mass is 10.1. The molecule has 0 amide bonds. The number of ether oxygens (including phenoxy) is 1. The number of benzene rings is 3. The minimum atomic E-state index is -0.204. The van der Waals surface area contributed by atoms with Gasteiger partial charge in [-0.1, -0.05) is 66.7 Å². The first-order valence-electron chi connectivity index (χ1n) is 9.85. The molecule has 0 N–H and O–H groups in total. The molecule has 1 aromatic heterocycles. The molecule has 0 bridgehead atoms. The highest BCUT2D eigenvalue weighted by Gasteiger charge is 2.39. The van der Waals surface area contributed by atoms with Gasteiger partial charge in [-0.3, -0.25) is 4.57 Å². The van der Waals surface area contributed by atoms with Gasteiger partial charge in [-0.05, 0) is 42.0 Å². The van der Waals surface area contributed by atoms with Crippen LogP contribution in [0.1, 0.15) is 22.0 Å². The van der Waals surface area contributed by atoms with Crippen LogP contribution in [0.15, 0.2) is 101 Å². The molecule has 2 aliphatic heterocycles. The summed E-state index contributed by atoms with van der Waals surface area (Å²) in [5.41, 5.74) is 2.98.